The van der Waals surface area contributed by atoms with Crippen molar-refractivity contribution in [1.29, 1.82) is 0 Å². The molecule has 24 heavy (non-hydrogen) atoms. The van der Waals surface area contributed by atoms with Gasteiger partial charge in [-0.25, -0.2) is 0 Å². The van der Waals surface area contributed by atoms with Gasteiger partial charge in [-0.3, -0.25) is 0 Å². The van der Waals surface area contributed by atoms with Crippen LogP contribution in [0.25, 0.3) is 0 Å². The lowest BCUT2D eigenvalue weighted by molar-refractivity contribution is 0.0626. The molecule has 0 aromatic carbocycles. The fourth-order valence-electron chi connectivity index (χ4n) is 4.17. The van der Waals surface area contributed by atoms with Gasteiger partial charge < -0.3 is 8.85 Å². The Hall–Kier alpha value is 0.571. The van der Waals surface area contributed by atoms with Gasteiger partial charge >= 0.3 is 0 Å². The van der Waals surface area contributed by atoms with E-state index in [1.807, 2.05) is 0 Å². The van der Waals surface area contributed by atoms with Gasteiger partial charge in [0.1, 0.15) is 0 Å². The summed E-state index contributed by atoms with van der Waals surface area (Å²) in [6.45, 7) is 28.4. The van der Waals surface area contributed by atoms with E-state index < -0.39 is 24.7 Å². The Bertz CT molecular complexity index is 383. The number of rotatable bonds is 11. The lowest BCUT2D eigenvalue weighted by atomic mass is 10.2. The van der Waals surface area contributed by atoms with Crippen LogP contribution in [0, 0.1) is 0 Å². The van der Waals surface area contributed by atoms with Crippen LogP contribution in [0.15, 0.2) is 0 Å². The SMILES string of the molecule is CCC[Si](C)(OC(CC)(CC)[Si](C)(C)C)C(C)(CC)O[Si](C)(C)C. The van der Waals surface area contributed by atoms with Crippen molar-refractivity contribution in [1.82, 2.24) is 0 Å². The minimum atomic E-state index is -2.05. The Kier molecular flexibility index (Phi) is 8.71. The monoisotopic (exact) mass is 390 g/mol. The summed E-state index contributed by atoms with van der Waals surface area (Å²) in [6.07, 6.45) is 4.48. The van der Waals surface area contributed by atoms with E-state index in [2.05, 4.69) is 80.4 Å². The minimum absolute atomic E-state index is 0.0718. The van der Waals surface area contributed by atoms with E-state index in [-0.39, 0.29) is 10.4 Å². The average molecular weight is 391 g/mol. The molecular formula is C19H46O2Si3. The predicted molar refractivity (Wildman–Crippen MR) is 118 cm³/mol. The summed E-state index contributed by atoms with van der Waals surface area (Å²) in [6, 6.07) is 1.19. The Labute approximate surface area is 156 Å². The molecule has 2 unspecified atom stereocenters. The van der Waals surface area contributed by atoms with Crippen molar-refractivity contribution in [2.45, 2.75) is 123 Å². The van der Waals surface area contributed by atoms with E-state index in [0.29, 0.717) is 0 Å². The highest BCUT2D eigenvalue weighted by atomic mass is 28.4. The van der Waals surface area contributed by atoms with Gasteiger partial charge in [0.15, 0.2) is 8.32 Å². The van der Waals surface area contributed by atoms with E-state index >= 15 is 0 Å². The molecule has 146 valence electrons. The third kappa shape index (κ3) is 5.53. The molecular weight excluding hydrogens is 344 g/mol. The maximum absolute atomic E-state index is 7.33. The van der Waals surface area contributed by atoms with Crippen LogP contribution in [0.3, 0.4) is 0 Å². The van der Waals surface area contributed by atoms with E-state index in [1.54, 1.807) is 0 Å². The smallest absolute Gasteiger partial charge is 0.219 e. The average Bonchev–Trinajstić information content (AvgIpc) is 2.41. The molecule has 0 heterocycles. The Balaban J connectivity index is 6.04. The van der Waals surface area contributed by atoms with Crippen LogP contribution in [-0.2, 0) is 8.85 Å². The molecule has 2 nitrogen and oxygen atoms in total. The quantitative estimate of drug-likeness (QED) is 0.354. The van der Waals surface area contributed by atoms with Gasteiger partial charge in [-0.1, -0.05) is 53.8 Å². The van der Waals surface area contributed by atoms with E-state index in [1.165, 1.54) is 12.5 Å². The van der Waals surface area contributed by atoms with E-state index in [4.69, 9.17) is 8.85 Å². The highest BCUT2D eigenvalue weighted by molar-refractivity contribution is 6.82. The lowest BCUT2D eigenvalue weighted by Crippen LogP contribution is -2.68. The summed E-state index contributed by atoms with van der Waals surface area (Å²) >= 11 is 0. The number of hydrogen-bond acceptors (Lipinski definition) is 2. The summed E-state index contributed by atoms with van der Waals surface area (Å²) in [5, 5.41) is -0.0227. The summed E-state index contributed by atoms with van der Waals surface area (Å²) in [7, 11) is -5.14. The molecule has 0 N–H and O–H groups in total. The van der Waals surface area contributed by atoms with Crippen LogP contribution in [-0.4, -0.2) is 35.2 Å². The van der Waals surface area contributed by atoms with E-state index in [0.717, 1.165) is 19.3 Å². The summed E-state index contributed by atoms with van der Waals surface area (Å²) < 4.78 is 14.2. The molecule has 2 atom stereocenters. The Morgan fingerprint density at radius 1 is 0.708 bits per heavy atom. The first kappa shape index (κ1) is 24.6. The van der Waals surface area contributed by atoms with Gasteiger partial charge in [-0.05, 0) is 58.4 Å². The van der Waals surface area contributed by atoms with Crippen molar-refractivity contribution >= 4 is 24.7 Å². The molecule has 0 bridgehead atoms. The molecule has 0 saturated heterocycles. The Morgan fingerprint density at radius 2 is 1.17 bits per heavy atom. The maximum Gasteiger partial charge on any atom is 0.219 e. The zero-order valence-corrected chi connectivity index (χ0v) is 21.9. The molecule has 0 aromatic rings. The van der Waals surface area contributed by atoms with Gasteiger partial charge in [0.25, 0.3) is 0 Å². The van der Waals surface area contributed by atoms with Crippen molar-refractivity contribution in [3.63, 3.8) is 0 Å². The normalized spacial score (nSPS) is 19.0. The molecule has 5 heteroatoms. The summed E-state index contributed by atoms with van der Waals surface area (Å²) in [5.41, 5.74) is 0. The molecule has 0 aliphatic heterocycles. The topological polar surface area (TPSA) is 18.5 Å². The third-order valence-corrected chi connectivity index (χ3v) is 16.0. The molecule has 0 aromatic heterocycles. The molecule has 0 radical (unpaired) electrons. The van der Waals surface area contributed by atoms with Crippen LogP contribution in [0.2, 0.25) is 51.9 Å². The fraction of sp³-hybridized carbons (Fsp3) is 1.00. The summed E-state index contributed by atoms with van der Waals surface area (Å²) in [5.74, 6) is 0. The van der Waals surface area contributed by atoms with Crippen molar-refractivity contribution in [3.8, 4) is 0 Å². The first-order valence-corrected chi connectivity index (χ1v) is 19.6. The van der Waals surface area contributed by atoms with E-state index in [9.17, 15) is 0 Å². The molecule has 0 rings (SSSR count). The highest BCUT2D eigenvalue weighted by Gasteiger charge is 2.55. The third-order valence-electron chi connectivity index (χ3n) is 5.98. The zero-order chi connectivity index (χ0) is 19.4. The minimum Gasteiger partial charge on any atom is -0.412 e. The van der Waals surface area contributed by atoms with Gasteiger partial charge in [-0.15, -0.1) is 0 Å². The molecule has 0 amide bonds. The second-order valence-electron chi connectivity index (χ2n) is 9.83. The predicted octanol–water partition coefficient (Wildman–Crippen LogP) is 6.98. The van der Waals surface area contributed by atoms with Gasteiger partial charge in [0.05, 0.1) is 13.3 Å². The second-order valence-corrected chi connectivity index (χ2v) is 23.9. The largest absolute Gasteiger partial charge is 0.412 e. The molecule has 0 aliphatic carbocycles. The molecule has 0 fully saturated rings. The van der Waals surface area contributed by atoms with Crippen LogP contribution >= 0.6 is 0 Å². The molecule has 0 saturated carbocycles. The van der Waals surface area contributed by atoms with Crippen LogP contribution in [0.1, 0.15) is 60.3 Å². The van der Waals surface area contributed by atoms with Crippen LogP contribution in [0.5, 0.6) is 0 Å². The first-order chi connectivity index (χ1) is 10.7. The summed E-state index contributed by atoms with van der Waals surface area (Å²) in [4.78, 5) is 0. The van der Waals surface area contributed by atoms with Crippen LogP contribution < -0.4 is 0 Å². The maximum atomic E-state index is 7.33. The first-order valence-electron chi connectivity index (χ1n) is 10.1. The Morgan fingerprint density at radius 3 is 1.42 bits per heavy atom. The van der Waals surface area contributed by atoms with Gasteiger partial charge in [0.2, 0.25) is 8.32 Å². The fourth-order valence-corrected chi connectivity index (χ4v) is 15.2. The highest BCUT2D eigenvalue weighted by Crippen LogP contribution is 2.43. The van der Waals surface area contributed by atoms with Crippen LogP contribution in [0.4, 0.5) is 0 Å². The van der Waals surface area contributed by atoms with Crippen molar-refractivity contribution in [2.75, 3.05) is 0 Å². The zero-order valence-electron chi connectivity index (χ0n) is 18.9. The van der Waals surface area contributed by atoms with Crippen molar-refractivity contribution in [3.05, 3.63) is 0 Å². The molecule has 0 spiro atoms. The molecule has 0 aliphatic rings. The van der Waals surface area contributed by atoms with Gasteiger partial charge in [-0.2, -0.15) is 0 Å². The standard InChI is InChI=1S/C19H46O2Si3/c1-13-17-24(12,18(5,14-2)20-23(9,10)11)21-19(15-3,16-4)22(6,7)8/h13-17H2,1-12H3. The second kappa shape index (κ2) is 8.51. The van der Waals surface area contributed by atoms with Gasteiger partial charge in [0, 0.05) is 5.22 Å². The van der Waals surface area contributed by atoms with Crippen molar-refractivity contribution < 1.29 is 8.85 Å². The number of hydrogen-bond donors (Lipinski definition) is 0. The van der Waals surface area contributed by atoms with Crippen molar-refractivity contribution in [2.24, 2.45) is 0 Å². The lowest BCUT2D eigenvalue weighted by Gasteiger charge is -2.54.